The van der Waals surface area contributed by atoms with Gasteiger partial charge in [-0.05, 0) is 54.5 Å². The number of nitrogens with zero attached hydrogens (tertiary/aromatic N) is 2. The maximum atomic E-state index is 13.7. The molecular weight excluding hydrogens is 548 g/mol. The average Bonchev–Trinajstić information content (AvgIpc) is 3.45. The van der Waals surface area contributed by atoms with E-state index in [4.69, 9.17) is 0 Å². The summed E-state index contributed by atoms with van der Waals surface area (Å²) in [5.74, 6) is -0.410. The van der Waals surface area contributed by atoms with E-state index in [0.717, 1.165) is 45.5 Å². The van der Waals surface area contributed by atoms with Gasteiger partial charge >= 0.3 is 0 Å². The van der Waals surface area contributed by atoms with Gasteiger partial charge in [0.25, 0.3) is 0 Å². The molecule has 11 heteroatoms. The molecular formula is C29H34N4O5S2. The van der Waals surface area contributed by atoms with E-state index in [1.807, 2.05) is 48.6 Å². The highest BCUT2D eigenvalue weighted by molar-refractivity contribution is 7.91. The predicted octanol–water partition coefficient (Wildman–Crippen LogP) is 1.78. The lowest BCUT2D eigenvalue weighted by molar-refractivity contribution is -0.126. The van der Waals surface area contributed by atoms with Gasteiger partial charge in [0, 0.05) is 25.2 Å². The number of fused-ring (bicyclic) bond motifs is 1. The molecule has 2 aromatic carbocycles. The number of allylic oxidation sites excluding steroid dienone is 4. The van der Waals surface area contributed by atoms with Crippen LogP contribution in [-0.2, 0) is 43.9 Å². The zero-order valence-electron chi connectivity index (χ0n) is 22.3. The van der Waals surface area contributed by atoms with Crippen molar-refractivity contribution < 1.29 is 21.6 Å². The Morgan fingerprint density at radius 1 is 0.900 bits per heavy atom. The summed E-state index contributed by atoms with van der Waals surface area (Å²) >= 11 is 0. The molecule has 212 valence electrons. The van der Waals surface area contributed by atoms with Gasteiger partial charge in [-0.25, -0.2) is 16.8 Å². The normalized spacial score (nSPS) is 20.6. The Bertz CT molecular complexity index is 1560. The molecule has 0 unspecified atom stereocenters. The van der Waals surface area contributed by atoms with E-state index in [1.165, 1.54) is 0 Å². The first-order valence-corrected chi connectivity index (χ1v) is 16.8. The van der Waals surface area contributed by atoms with Crippen LogP contribution in [0.4, 0.5) is 0 Å². The van der Waals surface area contributed by atoms with Gasteiger partial charge in [0.2, 0.25) is 15.9 Å². The largest absolute Gasteiger partial charge is 0.368 e. The van der Waals surface area contributed by atoms with Gasteiger partial charge in [-0.3, -0.25) is 9.79 Å². The number of hydrogen-bond donors (Lipinski definition) is 2. The number of sulfone groups is 1. The van der Waals surface area contributed by atoms with E-state index in [2.05, 4.69) is 15.6 Å². The summed E-state index contributed by atoms with van der Waals surface area (Å²) in [4.78, 5) is 17.3. The minimum Gasteiger partial charge on any atom is -0.368 e. The van der Waals surface area contributed by atoms with Crippen molar-refractivity contribution in [2.75, 3.05) is 37.7 Å². The van der Waals surface area contributed by atoms with Crippen LogP contribution >= 0.6 is 0 Å². The third kappa shape index (κ3) is 6.54. The van der Waals surface area contributed by atoms with Crippen molar-refractivity contribution in [3.8, 4) is 0 Å². The first-order valence-electron chi connectivity index (χ1n) is 13.5. The second kappa shape index (κ2) is 12.1. The Labute approximate surface area is 236 Å². The van der Waals surface area contributed by atoms with E-state index in [1.54, 1.807) is 18.2 Å². The zero-order valence-corrected chi connectivity index (χ0v) is 23.9. The molecule has 5 rings (SSSR count). The summed E-state index contributed by atoms with van der Waals surface area (Å²) in [5.41, 5.74) is 3.93. The third-order valence-corrected chi connectivity index (χ3v) is 11.0. The lowest BCUT2D eigenvalue weighted by atomic mass is 10.00. The van der Waals surface area contributed by atoms with E-state index < -0.39 is 37.6 Å². The van der Waals surface area contributed by atoms with Crippen LogP contribution in [-0.4, -0.2) is 76.6 Å². The number of nitrogens with one attached hydrogen (secondary N) is 2. The van der Waals surface area contributed by atoms with Crippen LogP contribution in [0.3, 0.4) is 0 Å². The monoisotopic (exact) mass is 582 g/mol. The van der Waals surface area contributed by atoms with Crippen LogP contribution in [0.5, 0.6) is 0 Å². The van der Waals surface area contributed by atoms with Gasteiger partial charge < -0.3 is 10.6 Å². The smallest absolute Gasteiger partial charge is 0.243 e. The number of piperazine rings is 1. The number of benzene rings is 2. The van der Waals surface area contributed by atoms with Crippen molar-refractivity contribution in [1.29, 1.82) is 0 Å². The molecule has 2 aliphatic heterocycles. The number of rotatable bonds is 9. The third-order valence-electron chi connectivity index (χ3n) is 7.36. The molecule has 0 saturated carbocycles. The highest BCUT2D eigenvalue weighted by Crippen LogP contribution is 2.25. The maximum absolute atomic E-state index is 13.7. The van der Waals surface area contributed by atoms with Gasteiger partial charge in [-0.1, -0.05) is 54.6 Å². The van der Waals surface area contributed by atoms with E-state index in [9.17, 15) is 21.6 Å². The number of aliphatic imine (C=N–C) groups is 1. The van der Waals surface area contributed by atoms with Gasteiger partial charge in [-0.2, -0.15) is 4.31 Å². The highest BCUT2D eigenvalue weighted by atomic mass is 32.2. The number of carbonyl (C=O) groups excluding carboxylic acids is 1. The second-order valence-corrected chi connectivity index (χ2v) is 14.3. The SMILES string of the molecule is O=C1NCCN(S(=O)(=O)c2ccc3c(c2)CC=C/C=C\C3)[C@@H]1CS(=O)(=O)CCCc1ccc(C2=NCCN2)cc1. The minimum absolute atomic E-state index is 0.0144. The van der Waals surface area contributed by atoms with E-state index >= 15 is 0 Å². The minimum atomic E-state index is -4.09. The molecule has 40 heavy (non-hydrogen) atoms. The van der Waals surface area contributed by atoms with Crippen LogP contribution in [0.15, 0.2) is 76.7 Å². The molecule has 1 amide bonds. The van der Waals surface area contributed by atoms with Gasteiger partial charge in [0.05, 0.1) is 22.9 Å². The molecule has 2 heterocycles. The summed E-state index contributed by atoms with van der Waals surface area (Å²) in [6.07, 6.45) is 10.1. The Morgan fingerprint density at radius 3 is 2.38 bits per heavy atom. The topological polar surface area (TPSA) is 125 Å². The Kier molecular flexibility index (Phi) is 8.53. The van der Waals surface area contributed by atoms with E-state index in [0.29, 0.717) is 25.7 Å². The van der Waals surface area contributed by atoms with Gasteiger partial charge in [-0.15, -0.1) is 0 Å². The lowest BCUT2D eigenvalue weighted by Crippen LogP contribution is -2.59. The van der Waals surface area contributed by atoms with Crippen molar-refractivity contribution in [2.45, 2.75) is 36.6 Å². The molecule has 2 N–H and O–H groups in total. The quantitative estimate of drug-likeness (QED) is 0.465. The number of amidine groups is 1. The van der Waals surface area contributed by atoms with Crippen LogP contribution in [0.25, 0.3) is 0 Å². The van der Waals surface area contributed by atoms with E-state index in [-0.39, 0.29) is 23.7 Å². The summed E-state index contributed by atoms with van der Waals surface area (Å²) in [7, 11) is -7.81. The molecule has 0 radical (unpaired) electrons. The maximum Gasteiger partial charge on any atom is 0.243 e. The number of carbonyl (C=O) groups is 1. The molecule has 9 nitrogen and oxygen atoms in total. The Hall–Kier alpha value is -3.28. The zero-order chi connectivity index (χ0) is 28.2. The standard InChI is InChI=1S/C29H34N4O5S2/c34-29-27(21-39(35,36)19-5-6-22-9-11-24(12-10-22)28-30-15-16-31-28)33(18-17-32-29)40(37,38)26-14-13-23-7-3-1-2-4-8-25(23)20-26/h1-4,9-14,20,27H,5-8,15-19,21H2,(H,30,31)(H,32,34)/b3-1-,4-2?/t27-/m1/s1. The fraction of sp³-hybridized carbons (Fsp3) is 0.379. The molecule has 1 atom stereocenters. The van der Waals surface area contributed by atoms with Crippen LogP contribution in [0.1, 0.15) is 28.7 Å². The Balaban J connectivity index is 1.26. The summed E-state index contributed by atoms with van der Waals surface area (Å²) in [5, 5.41) is 5.87. The fourth-order valence-electron chi connectivity index (χ4n) is 5.22. The first-order chi connectivity index (χ1) is 19.2. The predicted molar refractivity (Wildman–Crippen MR) is 156 cm³/mol. The highest BCUT2D eigenvalue weighted by Gasteiger charge is 2.41. The number of hydrogen-bond acceptors (Lipinski definition) is 7. The molecule has 1 saturated heterocycles. The van der Waals surface area contributed by atoms with Crippen LogP contribution < -0.4 is 10.6 Å². The number of amides is 1. The molecule has 0 spiro atoms. The summed E-state index contributed by atoms with van der Waals surface area (Å²) < 4.78 is 54.6. The van der Waals surface area contributed by atoms with Crippen molar-refractivity contribution >= 4 is 31.6 Å². The van der Waals surface area contributed by atoms with Crippen LogP contribution in [0, 0.1) is 0 Å². The number of sulfonamides is 1. The van der Waals surface area contributed by atoms with Crippen molar-refractivity contribution in [1.82, 2.24) is 14.9 Å². The molecule has 0 bridgehead atoms. The van der Waals surface area contributed by atoms with Crippen molar-refractivity contribution in [3.05, 3.63) is 89.0 Å². The molecule has 2 aromatic rings. The molecule has 0 aromatic heterocycles. The van der Waals surface area contributed by atoms with Gasteiger partial charge in [0.15, 0.2) is 9.84 Å². The average molecular weight is 583 g/mol. The fourth-order valence-corrected chi connectivity index (χ4v) is 8.51. The second-order valence-electron chi connectivity index (χ2n) is 10.2. The van der Waals surface area contributed by atoms with Crippen LogP contribution in [0.2, 0.25) is 0 Å². The van der Waals surface area contributed by atoms with Gasteiger partial charge in [0.1, 0.15) is 11.9 Å². The lowest BCUT2D eigenvalue weighted by Gasteiger charge is -2.34. The molecule has 1 aliphatic carbocycles. The Morgan fingerprint density at radius 2 is 1.65 bits per heavy atom. The summed E-state index contributed by atoms with van der Waals surface area (Å²) in [6.45, 7) is 1.73. The molecule has 3 aliphatic rings. The molecule has 1 fully saturated rings. The first kappa shape index (κ1) is 28.3. The van der Waals surface area contributed by atoms with Crippen molar-refractivity contribution in [3.63, 3.8) is 0 Å². The summed E-state index contributed by atoms with van der Waals surface area (Å²) in [6, 6.07) is 11.5. The number of aryl methyl sites for hydroxylation is 1. The van der Waals surface area contributed by atoms with Crippen molar-refractivity contribution in [2.24, 2.45) is 4.99 Å².